The van der Waals surface area contributed by atoms with Crippen molar-refractivity contribution in [2.75, 3.05) is 6.54 Å². The summed E-state index contributed by atoms with van der Waals surface area (Å²) >= 11 is 5.80. The zero-order valence-electron chi connectivity index (χ0n) is 12.5. The highest BCUT2D eigenvalue weighted by molar-refractivity contribution is 6.30. The summed E-state index contributed by atoms with van der Waals surface area (Å²) < 4.78 is 0. The molecule has 0 amide bonds. The summed E-state index contributed by atoms with van der Waals surface area (Å²) in [6, 6.07) is 4.81. The van der Waals surface area contributed by atoms with E-state index >= 15 is 0 Å². The van der Waals surface area contributed by atoms with Gasteiger partial charge in [0.15, 0.2) is 0 Å². The fourth-order valence-electron chi connectivity index (χ4n) is 2.47. The Morgan fingerprint density at radius 3 is 2.35 bits per heavy atom. The van der Waals surface area contributed by atoms with Crippen LogP contribution in [0, 0.1) is 27.9 Å². The lowest BCUT2D eigenvalue weighted by Gasteiger charge is -2.25. The van der Waals surface area contributed by atoms with Gasteiger partial charge in [-0.05, 0) is 36.4 Å². The maximum Gasteiger partial charge on any atom is 0.275 e. The Kier molecular flexibility index (Phi) is 6.43. The SMILES string of the molecule is CC(C)C(CNCc1ccc(Cl)cc1[N+](=O)[O-])C(C)C. The minimum atomic E-state index is -0.384. The van der Waals surface area contributed by atoms with Crippen LogP contribution in [-0.2, 0) is 6.54 Å². The molecule has 0 heterocycles. The summed E-state index contributed by atoms with van der Waals surface area (Å²) in [5, 5.41) is 14.7. The van der Waals surface area contributed by atoms with E-state index in [2.05, 4.69) is 33.0 Å². The molecule has 0 radical (unpaired) electrons. The number of hydrogen-bond acceptors (Lipinski definition) is 3. The van der Waals surface area contributed by atoms with E-state index in [0.29, 0.717) is 34.9 Å². The zero-order chi connectivity index (χ0) is 15.3. The summed E-state index contributed by atoms with van der Waals surface area (Å²) in [5.41, 5.74) is 0.751. The van der Waals surface area contributed by atoms with Gasteiger partial charge in [-0.2, -0.15) is 0 Å². The molecule has 4 nitrogen and oxygen atoms in total. The molecule has 0 aliphatic rings. The highest BCUT2D eigenvalue weighted by Crippen LogP contribution is 2.24. The summed E-state index contributed by atoms with van der Waals surface area (Å²) in [6.45, 7) is 10.2. The van der Waals surface area contributed by atoms with Crippen molar-refractivity contribution >= 4 is 17.3 Å². The Labute approximate surface area is 125 Å². The largest absolute Gasteiger partial charge is 0.312 e. The van der Waals surface area contributed by atoms with Gasteiger partial charge in [-0.3, -0.25) is 10.1 Å². The van der Waals surface area contributed by atoms with Gasteiger partial charge in [0.05, 0.1) is 4.92 Å². The fraction of sp³-hybridized carbons (Fsp3) is 0.600. The molecular weight excluding hydrogens is 276 g/mol. The first-order valence-electron chi connectivity index (χ1n) is 6.96. The number of nitro benzene ring substituents is 1. The number of benzene rings is 1. The average molecular weight is 299 g/mol. The molecule has 1 N–H and O–H groups in total. The quantitative estimate of drug-likeness (QED) is 0.604. The number of nitrogens with one attached hydrogen (secondary N) is 1. The lowest BCUT2D eigenvalue weighted by atomic mass is 9.85. The lowest BCUT2D eigenvalue weighted by molar-refractivity contribution is -0.385. The van der Waals surface area contributed by atoms with Gasteiger partial charge in [-0.25, -0.2) is 0 Å². The maximum atomic E-state index is 11.0. The van der Waals surface area contributed by atoms with E-state index in [4.69, 9.17) is 11.6 Å². The third kappa shape index (κ3) is 4.76. The molecule has 0 saturated heterocycles. The molecule has 0 aromatic heterocycles. The molecule has 0 bridgehead atoms. The van der Waals surface area contributed by atoms with E-state index in [0.717, 1.165) is 6.54 Å². The van der Waals surface area contributed by atoms with Crippen LogP contribution in [0.15, 0.2) is 18.2 Å². The molecule has 0 atom stereocenters. The van der Waals surface area contributed by atoms with Crippen LogP contribution in [0.5, 0.6) is 0 Å². The average Bonchev–Trinajstić information content (AvgIpc) is 2.34. The van der Waals surface area contributed by atoms with Crippen LogP contribution in [0.1, 0.15) is 33.3 Å². The Bertz CT molecular complexity index is 453. The van der Waals surface area contributed by atoms with E-state index in [9.17, 15) is 10.1 Å². The predicted octanol–water partition coefficient (Wildman–Crippen LogP) is 4.27. The van der Waals surface area contributed by atoms with Gasteiger partial charge in [-0.15, -0.1) is 0 Å². The van der Waals surface area contributed by atoms with Crippen molar-refractivity contribution in [3.63, 3.8) is 0 Å². The van der Waals surface area contributed by atoms with E-state index in [1.165, 1.54) is 6.07 Å². The smallest absolute Gasteiger partial charge is 0.275 e. The lowest BCUT2D eigenvalue weighted by Crippen LogP contribution is -2.29. The van der Waals surface area contributed by atoms with Crippen molar-refractivity contribution in [3.05, 3.63) is 38.9 Å². The second kappa shape index (κ2) is 7.60. The van der Waals surface area contributed by atoms with Crippen LogP contribution in [0.25, 0.3) is 0 Å². The molecule has 0 spiro atoms. The number of nitrogens with zero attached hydrogens (tertiary/aromatic N) is 1. The first kappa shape index (κ1) is 16.9. The number of hydrogen-bond donors (Lipinski definition) is 1. The van der Waals surface area contributed by atoms with Gasteiger partial charge >= 0.3 is 0 Å². The fourth-order valence-corrected chi connectivity index (χ4v) is 2.64. The third-order valence-electron chi connectivity index (χ3n) is 3.65. The van der Waals surface area contributed by atoms with E-state index in [1.807, 2.05) is 0 Å². The Morgan fingerprint density at radius 1 is 1.25 bits per heavy atom. The van der Waals surface area contributed by atoms with Crippen LogP contribution in [-0.4, -0.2) is 11.5 Å². The van der Waals surface area contributed by atoms with Crippen LogP contribution in [0.4, 0.5) is 5.69 Å². The molecular formula is C15H23ClN2O2. The van der Waals surface area contributed by atoms with Crippen LogP contribution in [0.2, 0.25) is 5.02 Å². The molecule has 0 fully saturated rings. The number of nitro groups is 1. The summed E-state index contributed by atoms with van der Waals surface area (Å²) in [7, 11) is 0. The van der Waals surface area contributed by atoms with Gasteiger partial charge in [0.25, 0.3) is 5.69 Å². The van der Waals surface area contributed by atoms with Gasteiger partial charge in [0.2, 0.25) is 0 Å². The molecule has 0 aliphatic carbocycles. The first-order valence-corrected chi connectivity index (χ1v) is 7.34. The summed E-state index contributed by atoms with van der Waals surface area (Å²) in [6.07, 6.45) is 0. The van der Waals surface area contributed by atoms with Crippen LogP contribution >= 0.6 is 11.6 Å². The second-order valence-electron chi connectivity index (χ2n) is 5.81. The molecule has 1 rings (SSSR count). The van der Waals surface area contributed by atoms with Crippen molar-refractivity contribution in [1.82, 2.24) is 5.32 Å². The normalized spacial score (nSPS) is 11.6. The van der Waals surface area contributed by atoms with Gasteiger partial charge < -0.3 is 5.32 Å². The molecule has 0 aliphatic heterocycles. The Balaban J connectivity index is 2.68. The second-order valence-corrected chi connectivity index (χ2v) is 6.25. The minimum Gasteiger partial charge on any atom is -0.312 e. The van der Waals surface area contributed by atoms with Crippen molar-refractivity contribution in [3.8, 4) is 0 Å². The van der Waals surface area contributed by atoms with Crippen molar-refractivity contribution in [1.29, 1.82) is 0 Å². The van der Waals surface area contributed by atoms with Crippen molar-refractivity contribution in [2.45, 2.75) is 34.2 Å². The highest BCUT2D eigenvalue weighted by atomic mass is 35.5. The minimum absolute atomic E-state index is 0.0793. The van der Waals surface area contributed by atoms with Gasteiger partial charge in [0, 0.05) is 23.2 Å². The predicted molar refractivity (Wildman–Crippen MR) is 83.0 cm³/mol. The summed E-state index contributed by atoms with van der Waals surface area (Å²) in [5.74, 6) is 1.73. The molecule has 1 aromatic carbocycles. The van der Waals surface area contributed by atoms with E-state index in [1.54, 1.807) is 12.1 Å². The van der Waals surface area contributed by atoms with Crippen molar-refractivity contribution in [2.24, 2.45) is 17.8 Å². The Morgan fingerprint density at radius 2 is 1.85 bits per heavy atom. The van der Waals surface area contributed by atoms with Gasteiger partial charge in [-0.1, -0.05) is 39.3 Å². The maximum absolute atomic E-state index is 11.0. The summed E-state index contributed by atoms with van der Waals surface area (Å²) in [4.78, 5) is 10.6. The van der Waals surface area contributed by atoms with E-state index < -0.39 is 0 Å². The number of halogens is 1. The van der Waals surface area contributed by atoms with E-state index in [-0.39, 0.29) is 10.6 Å². The Hall–Kier alpha value is -1.13. The van der Waals surface area contributed by atoms with Crippen LogP contribution in [0.3, 0.4) is 0 Å². The molecule has 5 heteroatoms. The molecule has 112 valence electrons. The molecule has 20 heavy (non-hydrogen) atoms. The van der Waals surface area contributed by atoms with Crippen LogP contribution < -0.4 is 5.32 Å². The first-order chi connectivity index (χ1) is 9.32. The topological polar surface area (TPSA) is 55.2 Å². The monoisotopic (exact) mass is 298 g/mol. The highest BCUT2D eigenvalue weighted by Gasteiger charge is 2.18. The van der Waals surface area contributed by atoms with Crippen molar-refractivity contribution < 1.29 is 4.92 Å². The third-order valence-corrected chi connectivity index (χ3v) is 3.89. The molecule has 0 saturated carbocycles. The standard InChI is InChI=1S/C15H23ClN2O2/c1-10(2)14(11(3)4)9-17-8-12-5-6-13(16)7-15(12)18(19)20/h5-7,10-11,14,17H,8-9H2,1-4H3. The molecule has 1 aromatic rings. The van der Waals surface area contributed by atoms with Gasteiger partial charge in [0.1, 0.15) is 0 Å². The number of rotatable bonds is 7. The molecule has 0 unspecified atom stereocenters. The zero-order valence-corrected chi connectivity index (χ0v) is 13.3.